The van der Waals surface area contributed by atoms with Crippen molar-refractivity contribution < 1.29 is 22.7 Å². The summed E-state index contributed by atoms with van der Waals surface area (Å²) >= 11 is 5.66. The third-order valence-electron chi connectivity index (χ3n) is 2.10. The second-order valence-corrected chi connectivity index (χ2v) is 3.67. The monoisotopic (exact) mass is 263 g/mol. The van der Waals surface area contributed by atoms with E-state index in [-0.39, 0.29) is 21.5 Å². The molecular weight excluding hydrogens is 259 g/mol. The second kappa shape index (κ2) is 3.96. The number of alkyl halides is 3. The molecule has 7 heteroatoms. The standard InChI is InChI=1S/C10H5ClF3NO2/c11-6-1-7-5(4-16)3-15-9(7)8(2-6)17-10(12,13)14/h1-4,15H. The van der Waals surface area contributed by atoms with Crippen molar-refractivity contribution >= 4 is 28.8 Å². The molecule has 0 fully saturated rings. The molecule has 90 valence electrons. The highest BCUT2D eigenvalue weighted by Crippen LogP contribution is 2.34. The quantitative estimate of drug-likeness (QED) is 0.842. The van der Waals surface area contributed by atoms with E-state index in [4.69, 9.17) is 11.6 Å². The molecule has 1 heterocycles. The second-order valence-electron chi connectivity index (χ2n) is 3.24. The van der Waals surface area contributed by atoms with Crippen molar-refractivity contribution in [2.75, 3.05) is 0 Å². The number of H-pyrrole nitrogens is 1. The Balaban J connectivity index is 2.63. The Hall–Kier alpha value is -1.69. The first kappa shape index (κ1) is 11.8. The molecule has 0 saturated carbocycles. The first-order valence-electron chi connectivity index (χ1n) is 4.42. The Bertz CT molecular complexity index is 577. The summed E-state index contributed by atoms with van der Waals surface area (Å²) in [5.74, 6) is -0.465. The maximum atomic E-state index is 12.1. The Morgan fingerprint density at radius 1 is 1.35 bits per heavy atom. The maximum Gasteiger partial charge on any atom is 0.573 e. The van der Waals surface area contributed by atoms with Crippen LogP contribution >= 0.6 is 11.6 Å². The molecule has 0 aliphatic carbocycles. The predicted octanol–water partition coefficient (Wildman–Crippen LogP) is 3.53. The molecule has 1 N–H and O–H groups in total. The highest BCUT2D eigenvalue weighted by atomic mass is 35.5. The molecule has 17 heavy (non-hydrogen) atoms. The van der Waals surface area contributed by atoms with Gasteiger partial charge in [0.2, 0.25) is 0 Å². The Kier molecular flexibility index (Phi) is 2.74. The van der Waals surface area contributed by atoms with Gasteiger partial charge >= 0.3 is 6.36 Å². The molecule has 0 radical (unpaired) electrons. The minimum atomic E-state index is -4.82. The van der Waals surface area contributed by atoms with Crippen molar-refractivity contribution in [1.82, 2.24) is 4.98 Å². The number of halogens is 4. The SMILES string of the molecule is O=Cc1c[nH]c2c(OC(F)(F)F)cc(Cl)cc12. The molecule has 0 aliphatic rings. The maximum absolute atomic E-state index is 12.1. The van der Waals surface area contributed by atoms with E-state index < -0.39 is 12.1 Å². The number of aldehydes is 1. The van der Waals surface area contributed by atoms with Crippen molar-refractivity contribution in [2.24, 2.45) is 0 Å². The van der Waals surface area contributed by atoms with Crippen molar-refractivity contribution in [3.63, 3.8) is 0 Å². The van der Waals surface area contributed by atoms with Crippen molar-refractivity contribution in [3.05, 3.63) is 28.9 Å². The fourth-order valence-electron chi connectivity index (χ4n) is 1.49. The van der Waals surface area contributed by atoms with E-state index in [0.29, 0.717) is 6.29 Å². The van der Waals surface area contributed by atoms with Gasteiger partial charge in [0, 0.05) is 28.2 Å². The van der Waals surface area contributed by atoms with Gasteiger partial charge in [-0.05, 0) is 6.07 Å². The fourth-order valence-corrected chi connectivity index (χ4v) is 1.70. The lowest BCUT2D eigenvalue weighted by Crippen LogP contribution is -2.17. The zero-order chi connectivity index (χ0) is 12.6. The van der Waals surface area contributed by atoms with Gasteiger partial charge < -0.3 is 9.72 Å². The van der Waals surface area contributed by atoms with Crippen LogP contribution in [0, 0.1) is 0 Å². The summed E-state index contributed by atoms with van der Waals surface area (Å²) in [5.41, 5.74) is 0.295. The molecule has 0 spiro atoms. The van der Waals surface area contributed by atoms with Gasteiger partial charge in [-0.15, -0.1) is 13.2 Å². The number of carbonyl (C=O) groups excluding carboxylic acids is 1. The first-order valence-corrected chi connectivity index (χ1v) is 4.80. The van der Waals surface area contributed by atoms with Crippen LogP contribution < -0.4 is 4.74 Å². The number of hydrogen-bond acceptors (Lipinski definition) is 2. The van der Waals surface area contributed by atoms with Gasteiger partial charge in [0.15, 0.2) is 12.0 Å². The molecule has 0 bridgehead atoms. The molecule has 1 aromatic heterocycles. The summed E-state index contributed by atoms with van der Waals surface area (Å²) in [5, 5.41) is 0.339. The minimum absolute atomic E-state index is 0.0550. The number of aromatic nitrogens is 1. The fraction of sp³-hybridized carbons (Fsp3) is 0.100. The van der Waals surface area contributed by atoms with E-state index in [1.54, 1.807) is 0 Å². The predicted molar refractivity (Wildman–Crippen MR) is 55.4 cm³/mol. The van der Waals surface area contributed by atoms with Crippen LogP contribution in [0.1, 0.15) is 10.4 Å². The summed E-state index contributed by atoms with van der Waals surface area (Å²) < 4.78 is 40.2. The van der Waals surface area contributed by atoms with Crippen molar-refractivity contribution in [3.8, 4) is 5.75 Å². The van der Waals surface area contributed by atoms with Crippen LogP contribution in [0.5, 0.6) is 5.75 Å². The van der Waals surface area contributed by atoms with Gasteiger partial charge in [-0.3, -0.25) is 4.79 Å². The molecular formula is C10H5ClF3NO2. The number of ether oxygens (including phenoxy) is 1. The summed E-state index contributed by atoms with van der Waals surface area (Å²) in [4.78, 5) is 13.2. The number of hydrogen-bond donors (Lipinski definition) is 1. The van der Waals surface area contributed by atoms with Crippen LogP contribution in [-0.2, 0) is 0 Å². The average molecular weight is 264 g/mol. The van der Waals surface area contributed by atoms with E-state index in [0.717, 1.165) is 6.07 Å². The highest BCUT2D eigenvalue weighted by molar-refractivity contribution is 6.31. The van der Waals surface area contributed by atoms with E-state index >= 15 is 0 Å². The summed E-state index contributed by atoms with van der Waals surface area (Å²) in [6.45, 7) is 0. The Morgan fingerprint density at radius 2 is 2.06 bits per heavy atom. The van der Waals surface area contributed by atoms with E-state index in [1.807, 2.05) is 0 Å². The van der Waals surface area contributed by atoms with Gasteiger partial charge in [0.1, 0.15) is 0 Å². The van der Waals surface area contributed by atoms with Crippen LogP contribution in [-0.4, -0.2) is 17.6 Å². The third-order valence-corrected chi connectivity index (χ3v) is 2.32. The first-order chi connectivity index (χ1) is 7.90. The van der Waals surface area contributed by atoms with Gasteiger partial charge in [-0.1, -0.05) is 11.6 Å². The van der Waals surface area contributed by atoms with Gasteiger partial charge in [0.25, 0.3) is 0 Å². The molecule has 3 nitrogen and oxygen atoms in total. The third kappa shape index (κ3) is 2.36. The normalized spacial score (nSPS) is 11.8. The largest absolute Gasteiger partial charge is 0.573 e. The summed E-state index contributed by atoms with van der Waals surface area (Å²) in [6, 6.07) is 2.42. The smallest absolute Gasteiger partial charge is 0.403 e. The highest BCUT2D eigenvalue weighted by Gasteiger charge is 2.32. The minimum Gasteiger partial charge on any atom is -0.403 e. The number of benzene rings is 1. The number of aromatic amines is 1. The van der Waals surface area contributed by atoms with E-state index in [9.17, 15) is 18.0 Å². The molecule has 0 unspecified atom stereocenters. The van der Waals surface area contributed by atoms with E-state index in [2.05, 4.69) is 9.72 Å². The number of fused-ring (bicyclic) bond motifs is 1. The Morgan fingerprint density at radius 3 is 2.65 bits per heavy atom. The van der Waals surface area contributed by atoms with Crippen LogP contribution in [0.15, 0.2) is 18.3 Å². The molecule has 0 atom stereocenters. The summed E-state index contributed by atoms with van der Waals surface area (Å²) in [6.07, 6.45) is -3.01. The molecule has 0 aliphatic heterocycles. The molecule has 2 rings (SSSR count). The topological polar surface area (TPSA) is 42.1 Å². The lowest BCUT2D eigenvalue weighted by molar-refractivity contribution is -0.274. The molecule has 2 aromatic rings. The number of carbonyl (C=O) groups is 1. The zero-order valence-corrected chi connectivity index (χ0v) is 8.89. The Labute approximate surface area is 98.1 Å². The van der Waals surface area contributed by atoms with Crippen LogP contribution in [0.4, 0.5) is 13.2 Å². The van der Waals surface area contributed by atoms with Crippen molar-refractivity contribution in [1.29, 1.82) is 0 Å². The van der Waals surface area contributed by atoms with Crippen LogP contribution in [0.3, 0.4) is 0 Å². The van der Waals surface area contributed by atoms with Crippen molar-refractivity contribution in [2.45, 2.75) is 6.36 Å². The lowest BCUT2D eigenvalue weighted by Gasteiger charge is -2.10. The number of rotatable bonds is 2. The molecule has 0 saturated heterocycles. The van der Waals surface area contributed by atoms with E-state index in [1.165, 1.54) is 12.3 Å². The summed E-state index contributed by atoms with van der Waals surface area (Å²) in [7, 11) is 0. The number of nitrogens with one attached hydrogen (secondary N) is 1. The van der Waals surface area contributed by atoms with Gasteiger partial charge in [-0.25, -0.2) is 0 Å². The van der Waals surface area contributed by atoms with Crippen LogP contribution in [0.2, 0.25) is 5.02 Å². The lowest BCUT2D eigenvalue weighted by atomic mass is 10.2. The molecule has 1 aromatic carbocycles. The average Bonchev–Trinajstić information content (AvgIpc) is 2.58. The molecule has 0 amide bonds. The van der Waals surface area contributed by atoms with Crippen LogP contribution in [0.25, 0.3) is 10.9 Å². The van der Waals surface area contributed by atoms with Gasteiger partial charge in [-0.2, -0.15) is 0 Å². The van der Waals surface area contributed by atoms with Gasteiger partial charge in [0.05, 0.1) is 5.52 Å². The zero-order valence-electron chi connectivity index (χ0n) is 8.14.